The Morgan fingerprint density at radius 1 is 1.17 bits per heavy atom. The number of pyridine rings is 1. The number of H-pyrrole nitrogens is 1. The van der Waals surface area contributed by atoms with Gasteiger partial charge in [0, 0.05) is 28.6 Å². The molecule has 0 saturated carbocycles. The Bertz CT molecular complexity index is 1330. The van der Waals surface area contributed by atoms with Gasteiger partial charge in [-0.3, -0.25) is 9.48 Å². The fraction of sp³-hybridized carbons (Fsp3) is 0.0952. The van der Waals surface area contributed by atoms with Gasteiger partial charge in [-0.05, 0) is 42.0 Å². The minimum Gasteiger partial charge on any atom is -0.477 e. The molecule has 2 N–H and O–H groups in total. The molecule has 0 atom stereocenters. The molecule has 0 aliphatic heterocycles. The maximum absolute atomic E-state index is 13.9. The normalized spacial score (nSPS) is 11.2. The van der Waals surface area contributed by atoms with Crippen LogP contribution in [-0.4, -0.2) is 25.8 Å². The summed E-state index contributed by atoms with van der Waals surface area (Å²) in [5, 5.41) is 14.3. The summed E-state index contributed by atoms with van der Waals surface area (Å²) >= 11 is 6.16. The fourth-order valence-electron chi connectivity index (χ4n) is 3.28. The van der Waals surface area contributed by atoms with Crippen molar-refractivity contribution in [3.05, 3.63) is 98.1 Å². The number of rotatable bonds is 5. The molecule has 2 heterocycles. The average Bonchev–Trinajstić information content (AvgIpc) is 3.12. The Labute approximate surface area is 173 Å². The van der Waals surface area contributed by atoms with Gasteiger partial charge in [-0.2, -0.15) is 5.10 Å². The maximum atomic E-state index is 13.9. The van der Waals surface area contributed by atoms with Crippen LogP contribution in [0.2, 0.25) is 5.02 Å². The van der Waals surface area contributed by atoms with E-state index >= 15 is 0 Å². The van der Waals surface area contributed by atoms with Crippen LogP contribution in [0.4, 0.5) is 8.78 Å². The molecule has 0 fully saturated rings. The molecule has 0 aliphatic rings. The van der Waals surface area contributed by atoms with Crippen LogP contribution in [0.3, 0.4) is 0 Å². The van der Waals surface area contributed by atoms with Gasteiger partial charge in [0.2, 0.25) is 0 Å². The monoisotopic (exact) mass is 429 g/mol. The number of carboxylic acids is 1. The van der Waals surface area contributed by atoms with Crippen molar-refractivity contribution in [2.24, 2.45) is 0 Å². The van der Waals surface area contributed by atoms with Crippen molar-refractivity contribution < 1.29 is 18.7 Å². The Morgan fingerprint density at radius 3 is 2.60 bits per heavy atom. The van der Waals surface area contributed by atoms with E-state index in [-0.39, 0.29) is 24.1 Å². The van der Waals surface area contributed by atoms with Crippen LogP contribution in [0.25, 0.3) is 10.9 Å². The summed E-state index contributed by atoms with van der Waals surface area (Å²) in [6.07, 6.45) is 1.63. The topological polar surface area (TPSA) is 88.0 Å². The van der Waals surface area contributed by atoms with Gasteiger partial charge in [-0.1, -0.05) is 17.7 Å². The van der Waals surface area contributed by atoms with E-state index in [0.29, 0.717) is 27.2 Å². The van der Waals surface area contributed by atoms with Crippen LogP contribution in [0.1, 0.15) is 27.2 Å². The third kappa shape index (κ3) is 3.81. The second kappa shape index (κ2) is 7.72. The number of hydrogen-bond acceptors (Lipinski definition) is 3. The number of carbonyl (C=O) groups is 1. The highest BCUT2D eigenvalue weighted by Crippen LogP contribution is 2.23. The van der Waals surface area contributed by atoms with Gasteiger partial charge >= 0.3 is 5.97 Å². The van der Waals surface area contributed by atoms with Gasteiger partial charge < -0.3 is 10.1 Å². The number of nitrogens with zero attached hydrogens (tertiary/aromatic N) is 2. The molecule has 6 nitrogen and oxygen atoms in total. The Kier molecular flexibility index (Phi) is 5.09. The molecule has 0 bridgehead atoms. The van der Waals surface area contributed by atoms with E-state index in [9.17, 15) is 18.4 Å². The standard InChI is InChI=1S/C21H14ClF2N3O3/c22-13-6-11-8-16(21(29)30)20(28)25-19(11)12(7-13)10-27-5-4-14(26-27)9-15-17(23)2-1-3-18(15)24/h1-8H,9-10H2,(H,25,28)(H,29,30). The second-order valence-electron chi connectivity index (χ2n) is 6.73. The van der Waals surface area contributed by atoms with E-state index in [4.69, 9.17) is 16.7 Å². The summed E-state index contributed by atoms with van der Waals surface area (Å²) in [5.41, 5.74) is 0.331. The molecule has 2 aromatic heterocycles. The zero-order valence-electron chi connectivity index (χ0n) is 15.3. The summed E-state index contributed by atoms with van der Waals surface area (Å²) in [4.78, 5) is 25.9. The second-order valence-corrected chi connectivity index (χ2v) is 7.16. The number of halogens is 3. The molecule has 0 spiro atoms. The first-order valence-corrected chi connectivity index (χ1v) is 9.23. The SMILES string of the molecule is O=C(O)c1cc2cc(Cl)cc(Cn3ccc(Cc4c(F)cccc4F)n3)c2[nH]c1=O. The van der Waals surface area contributed by atoms with Gasteiger partial charge in [0.25, 0.3) is 5.56 Å². The summed E-state index contributed by atoms with van der Waals surface area (Å²) in [6.45, 7) is 0.208. The van der Waals surface area contributed by atoms with Crippen LogP contribution in [-0.2, 0) is 13.0 Å². The lowest BCUT2D eigenvalue weighted by molar-refractivity contribution is 0.0695. The Hall–Kier alpha value is -3.52. The lowest BCUT2D eigenvalue weighted by atomic mass is 10.1. The summed E-state index contributed by atoms with van der Waals surface area (Å²) in [7, 11) is 0. The van der Waals surface area contributed by atoms with Gasteiger partial charge in [-0.25, -0.2) is 13.6 Å². The minimum absolute atomic E-state index is 0.0133. The molecule has 9 heteroatoms. The van der Waals surface area contributed by atoms with E-state index in [2.05, 4.69) is 10.1 Å². The number of aromatic nitrogens is 3. The number of carboxylic acid groups (broad SMARTS) is 1. The number of aromatic carboxylic acids is 1. The van der Waals surface area contributed by atoms with Crippen LogP contribution in [0.5, 0.6) is 0 Å². The molecule has 0 amide bonds. The smallest absolute Gasteiger partial charge is 0.341 e. The first kappa shape index (κ1) is 19.8. The lowest BCUT2D eigenvalue weighted by Crippen LogP contribution is -2.18. The summed E-state index contributed by atoms with van der Waals surface area (Å²) in [5.74, 6) is -2.62. The first-order chi connectivity index (χ1) is 14.3. The fourth-order valence-corrected chi connectivity index (χ4v) is 3.53. The van der Waals surface area contributed by atoms with Crippen molar-refractivity contribution in [2.45, 2.75) is 13.0 Å². The van der Waals surface area contributed by atoms with E-state index in [1.807, 2.05) is 0 Å². The third-order valence-electron chi connectivity index (χ3n) is 4.68. The van der Waals surface area contributed by atoms with E-state index in [1.54, 1.807) is 29.1 Å². The summed E-state index contributed by atoms with van der Waals surface area (Å²) in [6, 6.07) is 9.78. The van der Waals surface area contributed by atoms with Crippen molar-refractivity contribution >= 4 is 28.5 Å². The summed E-state index contributed by atoms with van der Waals surface area (Å²) < 4.78 is 29.3. The average molecular weight is 430 g/mol. The van der Waals surface area contributed by atoms with Crippen molar-refractivity contribution in [1.29, 1.82) is 0 Å². The highest BCUT2D eigenvalue weighted by Gasteiger charge is 2.14. The number of benzene rings is 2. The Balaban J connectivity index is 1.67. The molecule has 30 heavy (non-hydrogen) atoms. The molecule has 4 aromatic rings. The molecule has 0 aliphatic carbocycles. The quantitative estimate of drug-likeness (QED) is 0.502. The van der Waals surface area contributed by atoms with Crippen molar-refractivity contribution in [3.63, 3.8) is 0 Å². The molecular formula is C21H14ClF2N3O3. The molecule has 0 saturated heterocycles. The molecule has 4 rings (SSSR count). The lowest BCUT2D eigenvalue weighted by Gasteiger charge is -2.09. The number of hydrogen-bond donors (Lipinski definition) is 2. The van der Waals surface area contributed by atoms with Gasteiger partial charge in [0.1, 0.15) is 17.2 Å². The van der Waals surface area contributed by atoms with E-state index < -0.39 is 23.2 Å². The predicted octanol–water partition coefficient (Wildman–Crippen LogP) is 3.99. The molecule has 0 unspecified atom stereocenters. The van der Waals surface area contributed by atoms with Gasteiger partial charge in [-0.15, -0.1) is 0 Å². The van der Waals surface area contributed by atoms with Crippen molar-refractivity contribution in [3.8, 4) is 0 Å². The zero-order valence-corrected chi connectivity index (χ0v) is 16.1. The molecule has 152 valence electrons. The maximum Gasteiger partial charge on any atom is 0.341 e. The molecule has 0 radical (unpaired) electrons. The molecule has 2 aromatic carbocycles. The largest absolute Gasteiger partial charge is 0.477 e. The van der Waals surface area contributed by atoms with Crippen molar-refractivity contribution in [1.82, 2.24) is 14.8 Å². The zero-order chi connectivity index (χ0) is 21.4. The number of nitrogens with one attached hydrogen (secondary N) is 1. The molecular weight excluding hydrogens is 416 g/mol. The highest BCUT2D eigenvalue weighted by atomic mass is 35.5. The van der Waals surface area contributed by atoms with E-state index in [1.165, 1.54) is 24.3 Å². The van der Waals surface area contributed by atoms with Crippen molar-refractivity contribution in [2.75, 3.05) is 0 Å². The first-order valence-electron chi connectivity index (χ1n) is 8.86. The number of fused-ring (bicyclic) bond motifs is 1. The highest BCUT2D eigenvalue weighted by molar-refractivity contribution is 6.31. The Morgan fingerprint density at radius 2 is 1.90 bits per heavy atom. The third-order valence-corrected chi connectivity index (χ3v) is 4.89. The van der Waals surface area contributed by atoms with Crippen LogP contribution < -0.4 is 5.56 Å². The van der Waals surface area contributed by atoms with Crippen LogP contribution >= 0.6 is 11.6 Å². The van der Waals surface area contributed by atoms with Crippen LogP contribution in [0, 0.1) is 11.6 Å². The predicted molar refractivity (Wildman–Crippen MR) is 107 cm³/mol. The van der Waals surface area contributed by atoms with Crippen LogP contribution in [0.15, 0.2) is 53.5 Å². The van der Waals surface area contributed by atoms with E-state index in [0.717, 1.165) is 0 Å². The van der Waals surface area contributed by atoms with Gasteiger partial charge in [0.15, 0.2) is 0 Å². The van der Waals surface area contributed by atoms with Gasteiger partial charge in [0.05, 0.1) is 17.8 Å². The number of aromatic amines is 1. The minimum atomic E-state index is -1.34.